The largest absolute Gasteiger partial charge is 0.573 e. The van der Waals surface area contributed by atoms with Crippen molar-refractivity contribution in [2.75, 3.05) is 24.6 Å². The Balaban J connectivity index is 1.11. The zero-order valence-electron chi connectivity index (χ0n) is 22.8. The Morgan fingerprint density at radius 2 is 1.93 bits per heavy atom. The molecule has 0 bridgehead atoms. The number of ether oxygens (including phenoxy) is 2. The molecule has 1 N–H and O–H groups in total. The number of aromatic carboxylic acids is 1. The van der Waals surface area contributed by atoms with Crippen molar-refractivity contribution in [3.05, 3.63) is 65.5 Å². The molecule has 2 aromatic heterocycles. The number of anilines is 1. The van der Waals surface area contributed by atoms with E-state index in [1.807, 2.05) is 12.1 Å². The van der Waals surface area contributed by atoms with Crippen molar-refractivity contribution in [1.82, 2.24) is 9.72 Å². The highest BCUT2D eigenvalue weighted by Crippen LogP contribution is 2.45. The topological polar surface area (TPSA) is 90.0 Å². The number of carboxylic acid groups (broad SMARTS) is 1. The first-order chi connectivity index (χ1) is 20.0. The predicted octanol–water partition coefficient (Wildman–Crippen LogP) is 6.83. The molecule has 0 atom stereocenters. The number of halogens is 4. The third-order valence-electron chi connectivity index (χ3n) is 7.94. The van der Waals surface area contributed by atoms with Crippen LogP contribution >= 0.6 is 0 Å². The average Bonchev–Trinajstić information content (AvgIpc) is 3.61. The highest BCUT2D eigenvalue weighted by molar-refractivity contribution is 6.04. The molecule has 4 aromatic rings. The van der Waals surface area contributed by atoms with Crippen LogP contribution in [0.2, 0.25) is 0 Å². The molecule has 0 amide bonds. The first-order valence-corrected chi connectivity index (χ1v) is 13.7. The second-order valence-electron chi connectivity index (χ2n) is 11.0. The van der Waals surface area contributed by atoms with Crippen molar-refractivity contribution in [2.24, 2.45) is 7.05 Å². The van der Waals surface area contributed by atoms with Crippen LogP contribution in [0, 0.1) is 0 Å². The van der Waals surface area contributed by atoms with Crippen LogP contribution in [0.15, 0.2) is 53.2 Å². The molecule has 0 spiro atoms. The third kappa shape index (κ3) is 5.80. The van der Waals surface area contributed by atoms with Gasteiger partial charge in [0.2, 0.25) is 0 Å². The maximum atomic E-state index is 15.8. The third-order valence-corrected chi connectivity index (χ3v) is 7.94. The molecule has 222 valence electrons. The van der Waals surface area contributed by atoms with Crippen molar-refractivity contribution in [1.29, 1.82) is 0 Å². The lowest BCUT2D eigenvalue weighted by molar-refractivity contribution is -0.274. The molecule has 1 saturated heterocycles. The summed E-state index contributed by atoms with van der Waals surface area (Å²) in [6.45, 7) is 0.783. The molecule has 3 heterocycles. The number of hydrogen-bond acceptors (Lipinski definition) is 6. The van der Waals surface area contributed by atoms with Crippen molar-refractivity contribution in [3.63, 3.8) is 0 Å². The van der Waals surface area contributed by atoms with Gasteiger partial charge in [-0.2, -0.15) is 0 Å². The maximum absolute atomic E-state index is 15.8. The number of benzene rings is 2. The van der Waals surface area contributed by atoms with E-state index in [0.29, 0.717) is 41.1 Å². The Hall–Kier alpha value is -4.06. The number of alkyl halides is 4. The van der Waals surface area contributed by atoms with Crippen LogP contribution in [0.4, 0.5) is 23.2 Å². The molecular weight excluding hydrogens is 558 g/mol. The summed E-state index contributed by atoms with van der Waals surface area (Å²) >= 11 is 0. The molecule has 1 aliphatic heterocycles. The first-order valence-electron chi connectivity index (χ1n) is 13.7. The second-order valence-corrected chi connectivity index (χ2v) is 11.0. The van der Waals surface area contributed by atoms with Crippen molar-refractivity contribution in [2.45, 2.75) is 50.2 Å². The number of fused-ring (bicyclic) bond motifs is 1. The number of carboxylic acids is 1. The van der Waals surface area contributed by atoms with Gasteiger partial charge in [-0.25, -0.2) is 9.18 Å². The monoisotopic (exact) mass is 587 g/mol. The highest BCUT2D eigenvalue weighted by Gasteiger charge is 2.37. The zero-order chi connectivity index (χ0) is 29.6. The van der Waals surface area contributed by atoms with Gasteiger partial charge in [0.25, 0.3) is 0 Å². The van der Waals surface area contributed by atoms with Crippen LogP contribution in [0.1, 0.15) is 53.3 Å². The Morgan fingerprint density at radius 3 is 2.62 bits per heavy atom. The fraction of sp³-hybridized carbons (Fsp3) is 0.400. The van der Waals surface area contributed by atoms with Gasteiger partial charge in [-0.3, -0.25) is 0 Å². The lowest BCUT2D eigenvalue weighted by atomic mass is 9.93. The number of aryl methyl sites for hydroxylation is 1. The second kappa shape index (κ2) is 10.6. The standard InChI is InChI=1S/C30H29F4N3O5/c1-36-15-23(28(38)39)22-8-7-20(14-25(22)36)37-11-9-29(31,10-12-37)17-40-16-24-26(35-42-27(24)18-5-6-18)19-3-2-4-21(13-19)41-30(32,33)34/h2-4,7-8,13-15,18H,5-6,9-12,16-17H2,1H3,(H,38,39). The summed E-state index contributed by atoms with van der Waals surface area (Å²) in [5.74, 6) is -0.571. The summed E-state index contributed by atoms with van der Waals surface area (Å²) in [5.41, 5.74) is 1.72. The van der Waals surface area contributed by atoms with Gasteiger partial charge in [-0.1, -0.05) is 17.3 Å². The van der Waals surface area contributed by atoms with Gasteiger partial charge < -0.3 is 28.6 Å². The van der Waals surface area contributed by atoms with Gasteiger partial charge in [0.05, 0.1) is 24.3 Å². The minimum atomic E-state index is -4.82. The molecular formula is C30H29F4N3O5. The van der Waals surface area contributed by atoms with E-state index in [1.54, 1.807) is 29.9 Å². The lowest BCUT2D eigenvalue weighted by Crippen LogP contribution is -2.44. The molecule has 12 heteroatoms. The van der Waals surface area contributed by atoms with Crippen LogP contribution in [0.3, 0.4) is 0 Å². The van der Waals surface area contributed by atoms with Crippen LogP contribution in [-0.4, -0.2) is 52.5 Å². The van der Waals surface area contributed by atoms with E-state index in [-0.39, 0.29) is 43.3 Å². The van der Waals surface area contributed by atoms with Crippen molar-refractivity contribution in [3.8, 4) is 17.0 Å². The number of aromatic nitrogens is 2. The van der Waals surface area contributed by atoms with E-state index in [0.717, 1.165) is 24.0 Å². The minimum absolute atomic E-state index is 0.0144. The molecule has 1 aliphatic carbocycles. The van der Waals surface area contributed by atoms with E-state index in [1.165, 1.54) is 18.2 Å². The van der Waals surface area contributed by atoms with E-state index in [4.69, 9.17) is 9.26 Å². The number of nitrogens with zero attached hydrogens (tertiary/aromatic N) is 3. The number of hydrogen-bond donors (Lipinski definition) is 1. The zero-order valence-corrected chi connectivity index (χ0v) is 22.8. The SMILES string of the molecule is Cn1cc(C(=O)O)c2ccc(N3CCC(F)(COCc4c(-c5cccc(OC(F)(F)F)c5)noc4C4CC4)CC3)cc21. The van der Waals surface area contributed by atoms with Crippen molar-refractivity contribution >= 4 is 22.6 Å². The highest BCUT2D eigenvalue weighted by atomic mass is 19.4. The van der Waals surface area contributed by atoms with Crippen molar-refractivity contribution < 1.29 is 41.5 Å². The molecule has 1 saturated carbocycles. The fourth-order valence-corrected chi connectivity index (χ4v) is 5.58. The molecule has 8 nitrogen and oxygen atoms in total. The summed E-state index contributed by atoms with van der Waals surface area (Å²) in [7, 11) is 1.79. The quantitative estimate of drug-likeness (QED) is 0.215. The van der Waals surface area contributed by atoms with E-state index < -0.39 is 18.0 Å². The van der Waals surface area contributed by atoms with Gasteiger partial charge in [0.1, 0.15) is 22.9 Å². The number of piperidine rings is 1. The normalized spacial score (nSPS) is 17.1. The molecule has 2 aliphatic rings. The summed E-state index contributed by atoms with van der Waals surface area (Å²) in [5, 5.41) is 14.2. The van der Waals surface area contributed by atoms with Gasteiger partial charge in [-0.15, -0.1) is 13.2 Å². The fourth-order valence-electron chi connectivity index (χ4n) is 5.58. The van der Waals surface area contributed by atoms with E-state index in [9.17, 15) is 23.1 Å². The predicted molar refractivity (Wildman–Crippen MR) is 145 cm³/mol. The van der Waals surface area contributed by atoms with Crippen LogP contribution in [-0.2, 0) is 18.4 Å². The van der Waals surface area contributed by atoms with E-state index in [2.05, 4.69) is 14.8 Å². The number of rotatable bonds is 9. The summed E-state index contributed by atoms with van der Waals surface area (Å²) < 4.78 is 71.3. The summed E-state index contributed by atoms with van der Waals surface area (Å²) in [6.07, 6.45) is -0.944. The Morgan fingerprint density at radius 1 is 1.17 bits per heavy atom. The molecule has 6 rings (SSSR count). The first kappa shape index (κ1) is 28.1. The lowest BCUT2D eigenvalue weighted by Gasteiger charge is -2.37. The Labute approximate surface area is 238 Å². The van der Waals surface area contributed by atoms with Crippen LogP contribution < -0.4 is 9.64 Å². The molecule has 0 radical (unpaired) electrons. The molecule has 0 unspecified atom stereocenters. The average molecular weight is 588 g/mol. The molecule has 2 fully saturated rings. The van der Waals surface area contributed by atoms with E-state index >= 15 is 4.39 Å². The number of carbonyl (C=O) groups is 1. The molecule has 2 aromatic carbocycles. The van der Waals surface area contributed by atoms with Gasteiger partial charge in [0.15, 0.2) is 0 Å². The summed E-state index contributed by atoms with van der Waals surface area (Å²) in [6, 6.07) is 11.1. The Bertz CT molecular complexity index is 1620. The van der Waals surface area contributed by atoms with Gasteiger partial charge >= 0.3 is 12.3 Å². The maximum Gasteiger partial charge on any atom is 0.573 e. The molecule has 42 heavy (non-hydrogen) atoms. The van der Waals surface area contributed by atoms with Crippen LogP contribution in [0.25, 0.3) is 22.2 Å². The summed E-state index contributed by atoms with van der Waals surface area (Å²) in [4.78, 5) is 13.6. The van der Waals surface area contributed by atoms with Crippen LogP contribution in [0.5, 0.6) is 5.75 Å². The minimum Gasteiger partial charge on any atom is -0.478 e. The van der Waals surface area contributed by atoms with Gasteiger partial charge in [0, 0.05) is 67.3 Å². The van der Waals surface area contributed by atoms with Gasteiger partial charge in [-0.05, 0) is 43.2 Å². The Kier molecular flexibility index (Phi) is 7.12. The smallest absolute Gasteiger partial charge is 0.478 e.